The van der Waals surface area contributed by atoms with Crippen molar-refractivity contribution >= 4 is 11.8 Å². The summed E-state index contributed by atoms with van der Waals surface area (Å²) >= 11 is 0. The van der Waals surface area contributed by atoms with Crippen molar-refractivity contribution in [3.05, 3.63) is 70.9 Å². The fourth-order valence-corrected chi connectivity index (χ4v) is 4.89. The molecule has 3 aromatic rings. The third-order valence-corrected chi connectivity index (χ3v) is 6.29. The van der Waals surface area contributed by atoms with Crippen molar-refractivity contribution in [2.24, 2.45) is 11.8 Å². The molecule has 2 aliphatic rings. The van der Waals surface area contributed by atoms with E-state index in [4.69, 9.17) is 4.52 Å². The summed E-state index contributed by atoms with van der Waals surface area (Å²) in [5, 5.41) is 10.5. The Kier molecular flexibility index (Phi) is 4.42. The van der Waals surface area contributed by atoms with Crippen molar-refractivity contribution in [3.63, 3.8) is 0 Å². The molecular formula is C22H23N5O3. The van der Waals surface area contributed by atoms with Crippen LogP contribution >= 0.6 is 0 Å². The maximum absolute atomic E-state index is 13.3. The zero-order valence-electron chi connectivity index (χ0n) is 16.9. The van der Waals surface area contributed by atoms with Gasteiger partial charge in [-0.2, -0.15) is 5.10 Å². The number of aromatic amines is 1. The number of fused-ring (bicyclic) bond motifs is 1. The molecule has 2 fully saturated rings. The number of nitrogens with zero attached hydrogens (tertiary/aromatic N) is 4. The fraction of sp³-hybridized carbons (Fsp3) is 0.364. The third-order valence-electron chi connectivity index (χ3n) is 6.29. The van der Waals surface area contributed by atoms with Gasteiger partial charge in [-0.05, 0) is 31.0 Å². The average molecular weight is 405 g/mol. The molecule has 2 amide bonds. The van der Waals surface area contributed by atoms with Gasteiger partial charge in [0.15, 0.2) is 0 Å². The number of hydrogen-bond donors (Lipinski definition) is 1. The van der Waals surface area contributed by atoms with E-state index in [1.165, 1.54) is 0 Å². The summed E-state index contributed by atoms with van der Waals surface area (Å²) in [7, 11) is 0. The molecule has 8 nitrogen and oxygen atoms in total. The molecule has 0 unspecified atom stereocenters. The number of amides is 2. The molecule has 0 radical (unpaired) electrons. The van der Waals surface area contributed by atoms with Crippen molar-refractivity contribution < 1.29 is 14.1 Å². The number of carbonyl (C=O) groups is 2. The molecule has 30 heavy (non-hydrogen) atoms. The molecule has 154 valence electrons. The van der Waals surface area contributed by atoms with Crippen LogP contribution in [0.1, 0.15) is 43.9 Å². The van der Waals surface area contributed by atoms with Crippen LogP contribution in [0.5, 0.6) is 0 Å². The van der Waals surface area contributed by atoms with E-state index in [0.29, 0.717) is 31.0 Å². The maximum atomic E-state index is 13.3. The summed E-state index contributed by atoms with van der Waals surface area (Å²) in [6.07, 6.45) is 1.58. The Labute approximate surface area is 173 Å². The molecule has 2 aliphatic heterocycles. The van der Waals surface area contributed by atoms with Crippen LogP contribution in [0.2, 0.25) is 0 Å². The van der Waals surface area contributed by atoms with Crippen LogP contribution in [0.25, 0.3) is 0 Å². The van der Waals surface area contributed by atoms with Gasteiger partial charge in [0.05, 0.1) is 11.7 Å². The van der Waals surface area contributed by atoms with Gasteiger partial charge < -0.3 is 14.3 Å². The van der Waals surface area contributed by atoms with Gasteiger partial charge in [-0.25, -0.2) is 0 Å². The minimum Gasteiger partial charge on any atom is -0.351 e. The molecule has 0 aliphatic carbocycles. The second-order valence-corrected chi connectivity index (χ2v) is 8.20. The smallest absolute Gasteiger partial charge is 0.293 e. The lowest BCUT2D eigenvalue weighted by Gasteiger charge is -2.30. The SMILES string of the molecule is Cc1cc(C(=O)N2C[C@@H]3CN(C(=O)c4ccn[nH]4)C[C@@H]3[C@H]2c2ccccc2C)on1. The Morgan fingerprint density at radius 2 is 1.93 bits per heavy atom. The fourth-order valence-electron chi connectivity index (χ4n) is 4.89. The van der Waals surface area contributed by atoms with E-state index in [0.717, 1.165) is 11.1 Å². The monoisotopic (exact) mass is 405 g/mol. The van der Waals surface area contributed by atoms with Crippen molar-refractivity contribution in [2.75, 3.05) is 19.6 Å². The Hall–Kier alpha value is -3.42. The normalized spacial score (nSPS) is 23.1. The summed E-state index contributed by atoms with van der Waals surface area (Å²) in [6, 6.07) is 11.4. The lowest BCUT2D eigenvalue weighted by atomic mass is 9.87. The standard InChI is InChI=1S/C22H23N5O3/c1-13-5-3-4-6-16(13)20-17-12-26(21(28)18-7-8-23-24-18)10-15(17)11-27(20)22(29)19-9-14(2)25-30-19/h3-9,15,17,20H,10-12H2,1-2H3,(H,23,24)/t15-,17-,20+/m0/s1. The second kappa shape index (κ2) is 7.12. The zero-order chi connectivity index (χ0) is 20.8. The molecular weight excluding hydrogens is 382 g/mol. The predicted molar refractivity (Wildman–Crippen MR) is 108 cm³/mol. The number of carbonyl (C=O) groups excluding carboxylic acids is 2. The van der Waals surface area contributed by atoms with Gasteiger partial charge in [-0.15, -0.1) is 0 Å². The molecule has 8 heteroatoms. The molecule has 1 N–H and O–H groups in total. The van der Waals surface area contributed by atoms with Crippen molar-refractivity contribution in [3.8, 4) is 0 Å². The van der Waals surface area contributed by atoms with E-state index in [1.807, 2.05) is 21.9 Å². The van der Waals surface area contributed by atoms with E-state index >= 15 is 0 Å². The number of hydrogen-bond acceptors (Lipinski definition) is 5. The molecule has 2 aromatic heterocycles. The number of aromatic nitrogens is 3. The van der Waals surface area contributed by atoms with Crippen LogP contribution in [-0.4, -0.2) is 56.6 Å². The van der Waals surface area contributed by atoms with Gasteiger partial charge in [0.1, 0.15) is 5.69 Å². The number of benzene rings is 1. The summed E-state index contributed by atoms with van der Waals surface area (Å²) < 4.78 is 5.27. The van der Waals surface area contributed by atoms with Gasteiger partial charge in [0, 0.05) is 43.7 Å². The lowest BCUT2D eigenvalue weighted by molar-refractivity contribution is 0.0641. The number of likely N-dealkylation sites (tertiary alicyclic amines) is 2. The zero-order valence-corrected chi connectivity index (χ0v) is 16.9. The number of H-pyrrole nitrogens is 1. The van der Waals surface area contributed by atoms with Crippen molar-refractivity contribution in [1.29, 1.82) is 0 Å². The van der Waals surface area contributed by atoms with Gasteiger partial charge in [0.25, 0.3) is 11.8 Å². The van der Waals surface area contributed by atoms with E-state index in [1.54, 1.807) is 25.3 Å². The highest BCUT2D eigenvalue weighted by Gasteiger charge is 2.51. The van der Waals surface area contributed by atoms with Gasteiger partial charge >= 0.3 is 0 Å². The second-order valence-electron chi connectivity index (χ2n) is 8.20. The first-order valence-electron chi connectivity index (χ1n) is 10.1. The molecule has 4 heterocycles. The average Bonchev–Trinajstić information content (AvgIpc) is 3.51. The van der Waals surface area contributed by atoms with Crippen molar-refractivity contribution in [1.82, 2.24) is 25.2 Å². The number of rotatable bonds is 3. The largest absolute Gasteiger partial charge is 0.351 e. The maximum Gasteiger partial charge on any atom is 0.293 e. The molecule has 0 saturated carbocycles. The minimum atomic E-state index is -0.148. The van der Waals surface area contributed by atoms with Crippen LogP contribution in [-0.2, 0) is 0 Å². The first-order chi connectivity index (χ1) is 14.5. The van der Waals surface area contributed by atoms with E-state index in [2.05, 4.69) is 34.4 Å². The topological polar surface area (TPSA) is 95.3 Å². The van der Waals surface area contributed by atoms with E-state index < -0.39 is 0 Å². The summed E-state index contributed by atoms with van der Waals surface area (Å²) in [5.74, 6) is 0.427. The van der Waals surface area contributed by atoms with Crippen LogP contribution in [0, 0.1) is 25.7 Å². The highest BCUT2D eigenvalue weighted by atomic mass is 16.5. The van der Waals surface area contributed by atoms with Gasteiger partial charge in [-0.3, -0.25) is 14.7 Å². The van der Waals surface area contributed by atoms with Crippen LogP contribution in [0.15, 0.2) is 47.1 Å². The minimum absolute atomic E-state index is 0.0471. The molecule has 5 rings (SSSR count). The first kappa shape index (κ1) is 18.6. The van der Waals surface area contributed by atoms with E-state index in [-0.39, 0.29) is 35.5 Å². The highest BCUT2D eigenvalue weighted by molar-refractivity contribution is 5.93. The quantitative estimate of drug-likeness (QED) is 0.723. The third kappa shape index (κ3) is 2.99. The van der Waals surface area contributed by atoms with Crippen LogP contribution in [0.3, 0.4) is 0 Å². The number of aryl methyl sites for hydroxylation is 2. The Morgan fingerprint density at radius 1 is 1.10 bits per heavy atom. The summed E-state index contributed by atoms with van der Waals surface area (Å²) in [4.78, 5) is 29.9. The lowest BCUT2D eigenvalue weighted by Crippen LogP contribution is -2.37. The summed E-state index contributed by atoms with van der Waals surface area (Å²) in [5.41, 5.74) is 3.42. The molecule has 0 spiro atoms. The van der Waals surface area contributed by atoms with Gasteiger partial charge in [-0.1, -0.05) is 29.4 Å². The van der Waals surface area contributed by atoms with Crippen molar-refractivity contribution in [2.45, 2.75) is 19.9 Å². The predicted octanol–water partition coefficient (Wildman–Crippen LogP) is 2.60. The highest BCUT2D eigenvalue weighted by Crippen LogP contribution is 2.46. The summed E-state index contributed by atoms with van der Waals surface area (Å²) in [6.45, 7) is 5.66. The number of nitrogens with one attached hydrogen (secondary N) is 1. The Morgan fingerprint density at radius 3 is 2.63 bits per heavy atom. The first-order valence-corrected chi connectivity index (χ1v) is 10.1. The van der Waals surface area contributed by atoms with E-state index in [9.17, 15) is 9.59 Å². The molecule has 3 atom stereocenters. The molecule has 2 saturated heterocycles. The van der Waals surface area contributed by atoms with Gasteiger partial charge in [0.2, 0.25) is 5.76 Å². The molecule has 1 aromatic carbocycles. The molecule has 0 bridgehead atoms. The Bertz CT molecular complexity index is 1090. The Balaban J connectivity index is 1.47. The van der Waals surface area contributed by atoms with Crippen LogP contribution in [0.4, 0.5) is 0 Å². The van der Waals surface area contributed by atoms with Crippen LogP contribution < -0.4 is 0 Å².